The maximum Gasteiger partial charge on any atom is 0.00946 e. The Bertz CT molecular complexity index is 682. The summed E-state index contributed by atoms with van der Waals surface area (Å²) in [6.45, 7) is 16.3. The molecule has 4 rings (SSSR count). The van der Waals surface area contributed by atoms with Crippen molar-refractivity contribution in [2.75, 3.05) is 20.1 Å². The van der Waals surface area contributed by atoms with Gasteiger partial charge < -0.3 is 16.0 Å². The highest BCUT2D eigenvalue weighted by atomic mass is 14.9. The number of rotatable bonds is 7. The quantitative estimate of drug-likeness (QED) is 0.200. The zero-order chi connectivity index (χ0) is 24.2. The molecule has 198 valence electrons. The van der Waals surface area contributed by atoms with Crippen molar-refractivity contribution in [2.45, 2.75) is 119 Å². The van der Waals surface area contributed by atoms with E-state index in [1.165, 1.54) is 64.2 Å². The number of hydrogen-bond acceptors (Lipinski definition) is 3. The monoisotopic (exact) mass is 473 g/mol. The first-order chi connectivity index (χ1) is 15.6. The van der Waals surface area contributed by atoms with E-state index in [0.717, 1.165) is 42.5 Å². The summed E-state index contributed by atoms with van der Waals surface area (Å²) in [7, 11) is 2.00. The van der Waals surface area contributed by atoms with Crippen LogP contribution < -0.4 is 10.6 Å². The Labute approximate surface area is 213 Å². The van der Waals surface area contributed by atoms with E-state index >= 15 is 0 Å². The molecule has 0 aliphatic heterocycles. The molecule has 0 aromatic carbocycles. The van der Waals surface area contributed by atoms with E-state index in [1.807, 2.05) is 12.6 Å². The second-order valence-electron chi connectivity index (χ2n) is 12.8. The van der Waals surface area contributed by atoms with Gasteiger partial charge in [-0.3, -0.25) is 0 Å². The Hall–Kier alpha value is -0.670. The molecular weight excluding hydrogens is 414 g/mol. The Morgan fingerprint density at radius 3 is 2.38 bits per heavy atom. The lowest BCUT2D eigenvalue weighted by Gasteiger charge is -2.58. The van der Waals surface area contributed by atoms with Gasteiger partial charge in [0.1, 0.15) is 0 Å². The van der Waals surface area contributed by atoms with Crippen molar-refractivity contribution < 1.29 is 0 Å². The van der Waals surface area contributed by atoms with Gasteiger partial charge in [-0.05, 0) is 126 Å². The second kappa shape index (κ2) is 12.5. The van der Waals surface area contributed by atoms with Crippen molar-refractivity contribution >= 4 is 5.71 Å². The van der Waals surface area contributed by atoms with Crippen LogP contribution in [0.5, 0.6) is 0 Å². The summed E-state index contributed by atoms with van der Waals surface area (Å²) in [4.78, 5) is 0. The zero-order valence-electron chi connectivity index (χ0n) is 23.0. The smallest absolute Gasteiger partial charge is 0.00946 e. The van der Waals surface area contributed by atoms with Crippen LogP contribution >= 0.6 is 0 Å². The highest BCUT2D eigenvalue weighted by molar-refractivity contribution is 5.82. The minimum absolute atomic E-state index is 0. The molecule has 0 bridgehead atoms. The Morgan fingerprint density at radius 1 is 1.03 bits per heavy atom. The molecule has 0 amide bonds. The van der Waals surface area contributed by atoms with Crippen LogP contribution in [0.15, 0.2) is 11.6 Å². The summed E-state index contributed by atoms with van der Waals surface area (Å²) in [6, 6.07) is 0.634. The third-order valence-corrected chi connectivity index (χ3v) is 10.3. The highest BCUT2D eigenvalue weighted by Gasteiger charge is 2.59. The van der Waals surface area contributed by atoms with Crippen LogP contribution in [0.2, 0.25) is 0 Å². The average Bonchev–Trinajstić information content (AvgIpc) is 3.12. The Balaban J connectivity index is 0.000000320. The molecule has 4 aliphatic rings. The maximum atomic E-state index is 8.27. The molecule has 0 radical (unpaired) electrons. The van der Waals surface area contributed by atoms with Crippen LogP contribution in [0.4, 0.5) is 0 Å². The van der Waals surface area contributed by atoms with Crippen molar-refractivity contribution in [2.24, 2.45) is 40.4 Å². The first-order valence-electron chi connectivity index (χ1n) is 14.3. The molecule has 7 unspecified atom stereocenters. The number of unbranched alkanes of at least 4 members (excludes halogenated alkanes) is 1. The molecule has 3 fully saturated rings. The van der Waals surface area contributed by atoms with E-state index in [0.29, 0.717) is 22.8 Å². The predicted molar refractivity (Wildman–Crippen MR) is 151 cm³/mol. The van der Waals surface area contributed by atoms with Gasteiger partial charge in [-0.25, -0.2) is 0 Å². The van der Waals surface area contributed by atoms with Gasteiger partial charge in [0.25, 0.3) is 0 Å². The van der Waals surface area contributed by atoms with Crippen molar-refractivity contribution in [3.8, 4) is 0 Å². The molecule has 3 heteroatoms. The predicted octanol–water partition coefficient (Wildman–Crippen LogP) is 7.86. The molecule has 34 heavy (non-hydrogen) atoms. The average molecular weight is 474 g/mol. The van der Waals surface area contributed by atoms with E-state index in [1.54, 1.807) is 0 Å². The second-order valence-corrected chi connectivity index (χ2v) is 12.8. The minimum atomic E-state index is 0. The van der Waals surface area contributed by atoms with Crippen LogP contribution in [-0.4, -0.2) is 31.9 Å². The molecule has 7 atom stereocenters. The first-order valence-corrected chi connectivity index (χ1v) is 14.3. The number of fused-ring (bicyclic) bond motifs is 5. The van der Waals surface area contributed by atoms with Gasteiger partial charge >= 0.3 is 0 Å². The molecule has 3 N–H and O–H groups in total. The maximum absolute atomic E-state index is 8.27. The summed E-state index contributed by atoms with van der Waals surface area (Å²) in [5.74, 6) is 4.14. The fraction of sp³-hybridized carbons (Fsp3) is 0.903. The van der Waals surface area contributed by atoms with E-state index in [-0.39, 0.29) is 7.43 Å². The molecule has 0 spiro atoms. The van der Waals surface area contributed by atoms with Gasteiger partial charge in [0.05, 0.1) is 0 Å². The number of hydrogen-bond donors (Lipinski definition) is 3. The Morgan fingerprint density at radius 2 is 1.74 bits per heavy atom. The fourth-order valence-electron chi connectivity index (χ4n) is 8.43. The van der Waals surface area contributed by atoms with Crippen molar-refractivity contribution in [3.63, 3.8) is 0 Å². The van der Waals surface area contributed by atoms with E-state index in [4.69, 9.17) is 5.41 Å². The molecule has 3 saturated carbocycles. The number of allylic oxidation sites excluding steroid dienone is 2. The molecule has 4 aliphatic carbocycles. The minimum Gasteiger partial charge on any atom is -0.320 e. The summed E-state index contributed by atoms with van der Waals surface area (Å²) in [5.41, 5.74) is 3.72. The molecule has 3 nitrogen and oxygen atoms in total. The van der Waals surface area contributed by atoms with Gasteiger partial charge in [0.2, 0.25) is 0 Å². The lowest BCUT2D eigenvalue weighted by Crippen LogP contribution is -2.50. The summed E-state index contributed by atoms with van der Waals surface area (Å²) in [6.07, 6.45) is 16.3. The summed E-state index contributed by atoms with van der Waals surface area (Å²) < 4.78 is 0. The largest absolute Gasteiger partial charge is 0.320 e. The summed E-state index contributed by atoms with van der Waals surface area (Å²) in [5, 5.41) is 14.8. The van der Waals surface area contributed by atoms with Crippen LogP contribution in [-0.2, 0) is 0 Å². The van der Waals surface area contributed by atoms with Gasteiger partial charge in [-0.1, -0.05) is 53.7 Å². The molecule has 0 saturated heterocycles. The lowest BCUT2D eigenvalue weighted by molar-refractivity contribution is -0.0446. The highest BCUT2D eigenvalue weighted by Crippen LogP contribution is 2.66. The molecule has 0 heterocycles. The van der Waals surface area contributed by atoms with Gasteiger partial charge in [-0.15, -0.1) is 0 Å². The van der Waals surface area contributed by atoms with Gasteiger partial charge in [-0.2, -0.15) is 0 Å². The van der Waals surface area contributed by atoms with E-state index in [2.05, 4.69) is 58.3 Å². The van der Waals surface area contributed by atoms with E-state index in [9.17, 15) is 0 Å². The third kappa shape index (κ3) is 6.17. The lowest BCUT2D eigenvalue weighted by atomic mass is 9.46. The van der Waals surface area contributed by atoms with E-state index < -0.39 is 0 Å². The normalized spacial score (nSPS) is 38.5. The Kier molecular flexibility index (Phi) is 10.9. The first kappa shape index (κ1) is 29.6. The van der Waals surface area contributed by atoms with Crippen molar-refractivity contribution in [1.82, 2.24) is 10.6 Å². The molecule has 0 aromatic heterocycles. The standard InChI is InChI=1S/C22H35N.C8H20N2.CH4/c1-14-9-11-21(3)16(13-14)5-6-17-19-8-7-18(15(2)23)22(19,4)12-10-20(17)21;1-8(2)10-7-5-4-6-9-3;/h13-14,17-20,23H,5-12H2,1-4H3;8-10H,4-7H2,1-3H3;1H4. The van der Waals surface area contributed by atoms with Crippen molar-refractivity contribution in [1.29, 1.82) is 5.41 Å². The van der Waals surface area contributed by atoms with Crippen molar-refractivity contribution in [3.05, 3.63) is 11.6 Å². The van der Waals surface area contributed by atoms with Crippen LogP contribution in [0, 0.1) is 45.8 Å². The fourth-order valence-corrected chi connectivity index (χ4v) is 8.43. The zero-order valence-corrected chi connectivity index (χ0v) is 23.0. The van der Waals surface area contributed by atoms with Gasteiger partial charge in [0.15, 0.2) is 0 Å². The summed E-state index contributed by atoms with van der Waals surface area (Å²) >= 11 is 0. The number of nitrogens with one attached hydrogen (secondary N) is 3. The van der Waals surface area contributed by atoms with Crippen LogP contribution in [0.3, 0.4) is 0 Å². The third-order valence-electron chi connectivity index (χ3n) is 10.3. The van der Waals surface area contributed by atoms with Crippen LogP contribution in [0.25, 0.3) is 0 Å². The molecule has 0 aromatic rings. The SMILES string of the molecule is C.CC(=N)C1CCC2C3CCC4=CC(C)CCC4(C)C3CCC12C.CNCCCCNC(C)C. The molecular formula is C31H59N3. The van der Waals surface area contributed by atoms with Crippen LogP contribution in [0.1, 0.15) is 113 Å². The topological polar surface area (TPSA) is 47.9 Å². The van der Waals surface area contributed by atoms with Gasteiger partial charge in [0, 0.05) is 17.7 Å².